The summed E-state index contributed by atoms with van der Waals surface area (Å²) in [5.74, 6) is 0. The Morgan fingerprint density at radius 2 is 1.89 bits per heavy atom. The molecule has 2 rings (SSSR count). The van der Waals surface area contributed by atoms with Crippen LogP contribution in [0.15, 0.2) is 42.5 Å². The first-order chi connectivity index (χ1) is 9.08. The summed E-state index contributed by atoms with van der Waals surface area (Å²) in [5, 5.41) is 3.82. The number of hydrogen-bond donors (Lipinski definition) is 1. The Balaban J connectivity index is 2.12. The summed E-state index contributed by atoms with van der Waals surface area (Å²) in [4.78, 5) is 0. The van der Waals surface area contributed by atoms with Crippen molar-refractivity contribution in [2.75, 3.05) is 5.32 Å². The zero-order chi connectivity index (χ0) is 13.8. The molecule has 1 N–H and O–H groups in total. The van der Waals surface area contributed by atoms with Crippen LogP contribution in [0, 0.1) is 6.92 Å². The zero-order valence-corrected chi connectivity index (χ0v) is 11.2. The van der Waals surface area contributed by atoms with Gasteiger partial charge in [0.25, 0.3) is 6.43 Å². The molecule has 0 bridgehead atoms. The molecule has 4 heteroatoms. The second kappa shape index (κ2) is 6.02. The summed E-state index contributed by atoms with van der Waals surface area (Å²) in [5.41, 5.74) is 2.71. The standard InChI is InChI=1S/C15H14ClF2N/c1-10-4-2-7-13(16)14(10)19-9-11-5-3-6-12(8-11)15(17)18/h2-8,15,19H,9H2,1H3. The van der Waals surface area contributed by atoms with E-state index in [1.54, 1.807) is 12.1 Å². The van der Waals surface area contributed by atoms with E-state index in [0.29, 0.717) is 11.6 Å². The molecule has 100 valence electrons. The van der Waals surface area contributed by atoms with Crippen molar-refractivity contribution in [3.05, 3.63) is 64.2 Å². The highest BCUT2D eigenvalue weighted by Crippen LogP contribution is 2.26. The van der Waals surface area contributed by atoms with Crippen LogP contribution in [0.2, 0.25) is 5.02 Å². The Labute approximate surface area is 116 Å². The van der Waals surface area contributed by atoms with Crippen LogP contribution in [0.4, 0.5) is 14.5 Å². The van der Waals surface area contributed by atoms with E-state index in [1.807, 2.05) is 25.1 Å². The van der Waals surface area contributed by atoms with E-state index in [0.717, 1.165) is 16.8 Å². The molecule has 0 fully saturated rings. The van der Waals surface area contributed by atoms with Crippen molar-refractivity contribution in [1.82, 2.24) is 0 Å². The van der Waals surface area contributed by atoms with Crippen LogP contribution in [0.3, 0.4) is 0 Å². The Bertz CT molecular complexity index is 550. The minimum atomic E-state index is -2.44. The first-order valence-electron chi connectivity index (χ1n) is 5.94. The van der Waals surface area contributed by atoms with E-state index < -0.39 is 6.43 Å². The number of anilines is 1. The zero-order valence-electron chi connectivity index (χ0n) is 10.5. The smallest absolute Gasteiger partial charge is 0.263 e. The second-order valence-electron chi connectivity index (χ2n) is 4.33. The number of benzene rings is 2. The van der Waals surface area contributed by atoms with E-state index in [4.69, 9.17) is 11.6 Å². The van der Waals surface area contributed by atoms with Gasteiger partial charge < -0.3 is 5.32 Å². The van der Waals surface area contributed by atoms with Crippen molar-refractivity contribution >= 4 is 17.3 Å². The number of nitrogens with one attached hydrogen (secondary N) is 1. The lowest BCUT2D eigenvalue weighted by molar-refractivity contribution is 0.151. The van der Waals surface area contributed by atoms with Crippen LogP contribution in [-0.4, -0.2) is 0 Å². The molecule has 0 aliphatic heterocycles. The molecule has 0 aromatic heterocycles. The summed E-state index contributed by atoms with van der Waals surface area (Å²) < 4.78 is 25.2. The van der Waals surface area contributed by atoms with Gasteiger partial charge in [0.15, 0.2) is 0 Å². The number of halogens is 3. The first-order valence-corrected chi connectivity index (χ1v) is 6.31. The maximum atomic E-state index is 12.6. The molecule has 2 aromatic rings. The minimum Gasteiger partial charge on any atom is -0.380 e. The fourth-order valence-corrected chi connectivity index (χ4v) is 2.17. The molecule has 0 saturated heterocycles. The molecule has 0 amide bonds. The van der Waals surface area contributed by atoms with Crippen LogP contribution in [0.1, 0.15) is 23.1 Å². The number of aryl methyl sites for hydroxylation is 1. The van der Waals surface area contributed by atoms with Crippen LogP contribution >= 0.6 is 11.6 Å². The second-order valence-corrected chi connectivity index (χ2v) is 4.74. The Kier molecular flexibility index (Phi) is 4.38. The van der Waals surface area contributed by atoms with Crippen molar-refractivity contribution in [2.24, 2.45) is 0 Å². The molecule has 0 aliphatic carbocycles. The van der Waals surface area contributed by atoms with Gasteiger partial charge in [-0.15, -0.1) is 0 Å². The quantitative estimate of drug-likeness (QED) is 0.812. The molecule has 1 nitrogen and oxygen atoms in total. The molecule has 0 saturated carbocycles. The lowest BCUT2D eigenvalue weighted by Crippen LogP contribution is -2.02. The van der Waals surface area contributed by atoms with Gasteiger partial charge in [-0.25, -0.2) is 8.78 Å². The van der Waals surface area contributed by atoms with Gasteiger partial charge >= 0.3 is 0 Å². The molecule has 0 radical (unpaired) electrons. The van der Waals surface area contributed by atoms with Gasteiger partial charge in [-0.05, 0) is 30.2 Å². The Hall–Kier alpha value is -1.61. The highest BCUT2D eigenvalue weighted by molar-refractivity contribution is 6.33. The Morgan fingerprint density at radius 3 is 2.58 bits per heavy atom. The molecular weight excluding hydrogens is 268 g/mol. The highest BCUT2D eigenvalue weighted by Gasteiger charge is 2.08. The third-order valence-electron chi connectivity index (χ3n) is 2.89. The number of hydrogen-bond acceptors (Lipinski definition) is 1. The lowest BCUT2D eigenvalue weighted by atomic mass is 10.1. The van der Waals surface area contributed by atoms with Crippen molar-refractivity contribution in [2.45, 2.75) is 19.9 Å². The van der Waals surface area contributed by atoms with Crippen LogP contribution in [0.25, 0.3) is 0 Å². The number of rotatable bonds is 4. The van der Waals surface area contributed by atoms with Crippen LogP contribution in [-0.2, 0) is 6.54 Å². The molecule has 19 heavy (non-hydrogen) atoms. The molecule has 0 unspecified atom stereocenters. The van der Waals surface area contributed by atoms with E-state index in [1.165, 1.54) is 12.1 Å². The van der Waals surface area contributed by atoms with E-state index in [-0.39, 0.29) is 5.56 Å². The normalized spacial score (nSPS) is 10.8. The van der Waals surface area contributed by atoms with Crippen molar-refractivity contribution in [1.29, 1.82) is 0 Å². The largest absolute Gasteiger partial charge is 0.380 e. The average Bonchev–Trinajstić information content (AvgIpc) is 2.38. The van der Waals surface area contributed by atoms with E-state index in [9.17, 15) is 8.78 Å². The van der Waals surface area contributed by atoms with Crippen molar-refractivity contribution < 1.29 is 8.78 Å². The number of alkyl halides is 2. The molecule has 2 aromatic carbocycles. The predicted octanol–water partition coefficient (Wildman–Crippen LogP) is 5.20. The molecule has 0 heterocycles. The topological polar surface area (TPSA) is 12.0 Å². The van der Waals surface area contributed by atoms with E-state index >= 15 is 0 Å². The average molecular weight is 282 g/mol. The van der Waals surface area contributed by atoms with Crippen LogP contribution in [0.5, 0.6) is 0 Å². The van der Waals surface area contributed by atoms with E-state index in [2.05, 4.69) is 5.32 Å². The summed E-state index contributed by atoms with van der Waals surface area (Å²) in [7, 11) is 0. The maximum Gasteiger partial charge on any atom is 0.263 e. The van der Waals surface area contributed by atoms with Crippen molar-refractivity contribution in [3.63, 3.8) is 0 Å². The molecular formula is C15H14ClF2N. The maximum absolute atomic E-state index is 12.6. The molecule has 0 spiro atoms. The summed E-state index contributed by atoms with van der Waals surface area (Å²) in [6, 6.07) is 12.0. The fraction of sp³-hybridized carbons (Fsp3) is 0.200. The summed E-state index contributed by atoms with van der Waals surface area (Å²) in [6.45, 7) is 2.41. The lowest BCUT2D eigenvalue weighted by Gasteiger charge is -2.12. The monoisotopic (exact) mass is 281 g/mol. The SMILES string of the molecule is Cc1cccc(Cl)c1NCc1cccc(C(F)F)c1. The number of para-hydroxylation sites is 1. The molecule has 0 aliphatic rings. The van der Waals surface area contributed by atoms with Gasteiger partial charge in [0, 0.05) is 12.1 Å². The predicted molar refractivity (Wildman–Crippen MR) is 74.9 cm³/mol. The first kappa shape index (κ1) is 13.8. The third-order valence-corrected chi connectivity index (χ3v) is 3.21. The van der Waals surface area contributed by atoms with Crippen molar-refractivity contribution in [3.8, 4) is 0 Å². The minimum absolute atomic E-state index is 0.0372. The Morgan fingerprint density at radius 1 is 1.16 bits per heavy atom. The van der Waals surface area contributed by atoms with Gasteiger partial charge in [-0.3, -0.25) is 0 Å². The van der Waals surface area contributed by atoms with Gasteiger partial charge in [0.2, 0.25) is 0 Å². The van der Waals surface area contributed by atoms with Gasteiger partial charge in [0.05, 0.1) is 10.7 Å². The molecule has 0 atom stereocenters. The van der Waals surface area contributed by atoms with Crippen LogP contribution < -0.4 is 5.32 Å². The third kappa shape index (κ3) is 3.44. The summed E-state index contributed by atoms with van der Waals surface area (Å²) in [6.07, 6.45) is -2.44. The van der Waals surface area contributed by atoms with Gasteiger partial charge in [-0.2, -0.15) is 0 Å². The summed E-state index contributed by atoms with van der Waals surface area (Å²) >= 11 is 6.09. The highest BCUT2D eigenvalue weighted by atomic mass is 35.5. The fourth-order valence-electron chi connectivity index (χ4n) is 1.89. The van der Waals surface area contributed by atoms with Gasteiger partial charge in [-0.1, -0.05) is 41.9 Å². The van der Waals surface area contributed by atoms with Gasteiger partial charge in [0.1, 0.15) is 0 Å².